The Balaban J connectivity index is 1.43. The highest BCUT2D eigenvalue weighted by atomic mass is 16.5. The van der Waals surface area contributed by atoms with Gasteiger partial charge in [-0.2, -0.15) is 0 Å². The van der Waals surface area contributed by atoms with Crippen LogP contribution in [0.15, 0.2) is 65.4 Å². The number of carbonyl (C=O) groups is 1. The summed E-state index contributed by atoms with van der Waals surface area (Å²) in [5.74, 6) is 2.00. The maximum atomic E-state index is 12.5. The summed E-state index contributed by atoms with van der Waals surface area (Å²) < 4.78 is 11.1. The molecular weight excluding hydrogens is 316 g/mol. The van der Waals surface area contributed by atoms with Gasteiger partial charge in [-0.25, -0.2) is 4.98 Å². The Labute approximate surface area is 145 Å². The predicted octanol–water partition coefficient (Wildman–Crippen LogP) is 4.27. The summed E-state index contributed by atoms with van der Waals surface area (Å²) >= 11 is 0. The van der Waals surface area contributed by atoms with Crippen LogP contribution in [0.3, 0.4) is 0 Å². The van der Waals surface area contributed by atoms with Gasteiger partial charge in [-0.3, -0.25) is 4.79 Å². The maximum Gasteiger partial charge on any atom is 0.253 e. The van der Waals surface area contributed by atoms with E-state index in [-0.39, 0.29) is 11.9 Å². The quantitative estimate of drug-likeness (QED) is 0.774. The van der Waals surface area contributed by atoms with E-state index in [1.54, 1.807) is 18.4 Å². The Hall–Kier alpha value is -3.08. The molecule has 1 atom stereocenters. The number of amides is 1. The van der Waals surface area contributed by atoms with Gasteiger partial charge >= 0.3 is 0 Å². The minimum Gasteiger partial charge on any atom is -0.469 e. The summed E-state index contributed by atoms with van der Waals surface area (Å²) in [6.07, 6.45) is 6.08. The van der Waals surface area contributed by atoms with E-state index >= 15 is 0 Å². The Kier molecular flexibility index (Phi) is 4.21. The fraction of sp³-hybridized carbons (Fsp3) is 0.200. The number of fused-ring (bicyclic) bond motifs is 1. The van der Waals surface area contributed by atoms with Gasteiger partial charge in [0.25, 0.3) is 5.91 Å². The molecule has 1 unspecified atom stereocenters. The van der Waals surface area contributed by atoms with Crippen LogP contribution in [0.4, 0.5) is 0 Å². The second kappa shape index (κ2) is 6.81. The molecule has 1 aliphatic rings. The van der Waals surface area contributed by atoms with Gasteiger partial charge in [0.1, 0.15) is 11.5 Å². The lowest BCUT2D eigenvalue weighted by Gasteiger charge is -2.22. The standard InChI is InChI=1S/C20H18N2O3/c23-20(22-17-7-4-8-18-16(17)11-12-24-18)14-9-10-19(21-13-14)25-15-5-2-1-3-6-15/h1-3,5-6,9-13,17H,4,7-8H2,(H,22,23). The first-order valence-electron chi connectivity index (χ1n) is 8.36. The Morgan fingerprint density at radius 2 is 2.04 bits per heavy atom. The second-order valence-corrected chi connectivity index (χ2v) is 6.02. The number of ether oxygens (including phenoxy) is 1. The number of hydrogen-bond donors (Lipinski definition) is 1. The summed E-state index contributed by atoms with van der Waals surface area (Å²) in [4.78, 5) is 16.7. The number of benzene rings is 1. The number of pyridine rings is 1. The van der Waals surface area contributed by atoms with E-state index in [9.17, 15) is 4.79 Å². The van der Waals surface area contributed by atoms with Crippen molar-refractivity contribution in [2.75, 3.05) is 0 Å². The van der Waals surface area contributed by atoms with Gasteiger partial charge < -0.3 is 14.5 Å². The molecule has 0 spiro atoms. The molecule has 1 aliphatic carbocycles. The normalized spacial score (nSPS) is 16.1. The lowest BCUT2D eigenvalue weighted by atomic mass is 9.93. The number of carbonyl (C=O) groups excluding carboxylic acids is 1. The van der Waals surface area contributed by atoms with Crippen LogP contribution >= 0.6 is 0 Å². The van der Waals surface area contributed by atoms with E-state index in [0.29, 0.717) is 17.2 Å². The number of rotatable bonds is 4. The summed E-state index contributed by atoms with van der Waals surface area (Å²) in [5, 5.41) is 3.07. The van der Waals surface area contributed by atoms with Crippen molar-refractivity contribution >= 4 is 5.91 Å². The zero-order valence-electron chi connectivity index (χ0n) is 13.6. The first kappa shape index (κ1) is 15.4. The van der Waals surface area contributed by atoms with Gasteiger partial charge in [0.15, 0.2) is 0 Å². The summed E-state index contributed by atoms with van der Waals surface area (Å²) in [5.41, 5.74) is 1.59. The van der Waals surface area contributed by atoms with Crippen molar-refractivity contribution in [3.63, 3.8) is 0 Å². The van der Waals surface area contributed by atoms with Crippen molar-refractivity contribution in [1.29, 1.82) is 0 Å². The van der Waals surface area contributed by atoms with Crippen molar-refractivity contribution in [2.24, 2.45) is 0 Å². The van der Waals surface area contributed by atoms with Crippen LogP contribution in [0.25, 0.3) is 0 Å². The molecule has 126 valence electrons. The van der Waals surface area contributed by atoms with E-state index in [2.05, 4.69) is 10.3 Å². The van der Waals surface area contributed by atoms with E-state index in [4.69, 9.17) is 9.15 Å². The first-order chi connectivity index (χ1) is 12.3. The molecule has 2 aromatic heterocycles. The lowest BCUT2D eigenvalue weighted by molar-refractivity contribution is 0.0932. The van der Waals surface area contributed by atoms with Gasteiger partial charge in [0.05, 0.1) is 17.9 Å². The molecule has 5 heteroatoms. The molecule has 3 aromatic rings. The number of para-hydroxylation sites is 1. The zero-order valence-corrected chi connectivity index (χ0v) is 13.6. The third-order valence-electron chi connectivity index (χ3n) is 4.32. The third-order valence-corrected chi connectivity index (χ3v) is 4.32. The van der Waals surface area contributed by atoms with Crippen LogP contribution in [-0.2, 0) is 6.42 Å². The van der Waals surface area contributed by atoms with Crippen LogP contribution in [0.2, 0.25) is 0 Å². The van der Waals surface area contributed by atoms with E-state index in [1.165, 1.54) is 6.20 Å². The second-order valence-electron chi connectivity index (χ2n) is 6.02. The molecule has 0 fully saturated rings. The minimum absolute atomic E-state index is 0.00440. The number of nitrogens with one attached hydrogen (secondary N) is 1. The molecule has 0 saturated carbocycles. The lowest BCUT2D eigenvalue weighted by Crippen LogP contribution is -2.30. The highest BCUT2D eigenvalue weighted by Crippen LogP contribution is 2.30. The summed E-state index contributed by atoms with van der Waals surface area (Å²) in [7, 11) is 0. The van der Waals surface area contributed by atoms with Gasteiger partial charge in [-0.05, 0) is 37.1 Å². The van der Waals surface area contributed by atoms with Crippen molar-refractivity contribution in [2.45, 2.75) is 25.3 Å². The van der Waals surface area contributed by atoms with Crippen molar-refractivity contribution in [3.8, 4) is 11.6 Å². The largest absolute Gasteiger partial charge is 0.469 e. The fourth-order valence-electron chi connectivity index (χ4n) is 3.06. The van der Waals surface area contributed by atoms with E-state index in [1.807, 2.05) is 36.4 Å². The maximum absolute atomic E-state index is 12.5. The molecular formula is C20H18N2O3. The van der Waals surface area contributed by atoms with E-state index in [0.717, 1.165) is 30.6 Å². The highest BCUT2D eigenvalue weighted by molar-refractivity contribution is 5.94. The number of furan rings is 1. The van der Waals surface area contributed by atoms with Crippen molar-refractivity contribution < 1.29 is 13.9 Å². The van der Waals surface area contributed by atoms with Gasteiger partial charge in [-0.15, -0.1) is 0 Å². The van der Waals surface area contributed by atoms with Crippen molar-refractivity contribution in [1.82, 2.24) is 10.3 Å². The average Bonchev–Trinajstić information content (AvgIpc) is 3.13. The molecule has 1 aromatic carbocycles. The molecule has 2 heterocycles. The van der Waals surface area contributed by atoms with Gasteiger partial charge in [0, 0.05) is 24.2 Å². The minimum atomic E-state index is -0.141. The number of aryl methyl sites for hydroxylation is 1. The molecule has 25 heavy (non-hydrogen) atoms. The van der Waals surface area contributed by atoms with E-state index < -0.39 is 0 Å². The molecule has 0 aliphatic heterocycles. The van der Waals surface area contributed by atoms with Crippen LogP contribution in [0.5, 0.6) is 11.6 Å². The fourth-order valence-corrected chi connectivity index (χ4v) is 3.06. The van der Waals surface area contributed by atoms with Crippen LogP contribution in [0.1, 0.15) is 40.6 Å². The topological polar surface area (TPSA) is 64.4 Å². The Morgan fingerprint density at radius 1 is 1.16 bits per heavy atom. The molecule has 0 bridgehead atoms. The monoisotopic (exact) mass is 334 g/mol. The highest BCUT2D eigenvalue weighted by Gasteiger charge is 2.24. The number of nitrogens with zero attached hydrogens (tertiary/aromatic N) is 1. The molecule has 0 saturated heterocycles. The smallest absolute Gasteiger partial charge is 0.253 e. The predicted molar refractivity (Wildman–Crippen MR) is 92.6 cm³/mol. The van der Waals surface area contributed by atoms with Gasteiger partial charge in [-0.1, -0.05) is 18.2 Å². The molecule has 1 N–H and O–H groups in total. The summed E-state index contributed by atoms with van der Waals surface area (Å²) in [6, 6.07) is 14.8. The van der Waals surface area contributed by atoms with Crippen LogP contribution in [-0.4, -0.2) is 10.9 Å². The molecule has 1 amide bonds. The van der Waals surface area contributed by atoms with Crippen LogP contribution in [0, 0.1) is 0 Å². The van der Waals surface area contributed by atoms with Crippen LogP contribution < -0.4 is 10.1 Å². The molecule has 4 rings (SSSR count). The Morgan fingerprint density at radius 3 is 2.84 bits per heavy atom. The zero-order chi connectivity index (χ0) is 17.1. The average molecular weight is 334 g/mol. The Bertz CT molecular complexity index is 856. The summed E-state index contributed by atoms with van der Waals surface area (Å²) in [6.45, 7) is 0. The first-order valence-corrected chi connectivity index (χ1v) is 8.36. The molecule has 5 nitrogen and oxygen atoms in total. The molecule has 0 radical (unpaired) electrons. The van der Waals surface area contributed by atoms with Crippen molar-refractivity contribution in [3.05, 3.63) is 77.9 Å². The van der Waals surface area contributed by atoms with Gasteiger partial charge in [0.2, 0.25) is 5.88 Å². The number of hydrogen-bond acceptors (Lipinski definition) is 4. The third kappa shape index (κ3) is 3.40. The number of aromatic nitrogens is 1. The SMILES string of the molecule is O=C(NC1CCCc2occc21)c1ccc(Oc2ccccc2)nc1.